The molecule has 1 fully saturated rings. The van der Waals surface area contributed by atoms with Crippen LogP contribution in [-0.2, 0) is 0 Å². The predicted octanol–water partition coefficient (Wildman–Crippen LogP) is 3.17. The minimum absolute atomic E-state index is 0.0510. The summed E-state index contributed by atoms with van der Waals surface area (Å²) >= 11 is 0. The number of benzene rings is 1. The average molecular weight is 426 g/mol. The molecule has 2 N–H and O–H groups in total. The van der Waals surface area contributed by atoms with Crippen molar-refractivity contribution in [3.63, 3.8) is 0 Å². The summed E-state index contributed by atoms with van der Waals surface area (Å²) in [5.41, 5.74) is 2.81. The molecule has 1 saturated heterocycles. The summed E-state index contributed by atoms with van der Waals surface area (Å²) in [5, 5.41) is 18.8. The molecule has 0 radical (unpaired) electrons. The number of aliphatic hydroxyl groups is 1. The number of nitrogens with one attached hydrogen (secondary N) is 1. The van der Waals surface area contributed by atoms with Gasteiger partial charge in [0, 0.05) is 24.3 Å². The molecule has 0 saturated carbocycles. The second-order valence-corrected chi connectivity index (χ2v) is 7.91. The van der Waals surface area contributed by atoms with Gasteiger partial charge >= 0.3 is 0 Å². The van der Waals surface area contributed by atoms with Gasteiger partial charge < -0.3 is 19.9 Å². The number of fused-ring (bicyclic) bond motifs is 2. The number of anilines is 3. The molecule has 1 aliphatic heterocycles. The van der Waals surface area contributed by atoms with E-state index in [9.17, 15) is 5.11 Å². The lowest BCUT2D eigenvalue weighted by atomic mass is 10.2. The molecular weight excluding hydrogens is 404 g/mol. The van der Waals surface area contributed by atoms with Crippen molar-refractivity contribution in [2.24, 2.45) is 0 Å². The smallest absolute Gasteiger partial charge is 0.245 e. The number of rotatable bonds is 5. The molecule has 0 bridgehead atoms. The van der Waals surface area contributed by atoms with Crippen LogP contribution in [0.25, 0.3) is 22.1 Å². The highest BCUT2D eigenvalue weighted by atomic mass is 16.3. The topological polar surface area (TPSA) is 96.4 Å². The summed E-state index contributed by atoms with van der Waals surface area (Å²) in [5.74, 6) is 1.96. The Kier molecular flexibility index (Phi) is 4.46. The standard InChI is InChI=1S/C23H22N8O/c32-14-16-5-3-11-30(16)23-27-22(20-9-4-12-31(20)28-23)26-21-13-29(15-25-21)19-8-1-7-18-17(19)6-2-10-24-18/h1-2,4,6-10,12-13,15-16,32H,3,5,11,14H2,(H,26,27,28)/t16-/m0/s1. The second-order valence-electron chi connectivity index (χ2n) is 7.91. The van der Waals surface area contributed by atoms with Gasteiger partial charge in [0.2, 0.25) is 5.95 Å². The minimum atomic E-state index is 0.0510. The molecule has 4 aromatic heterocycles. The zero-order chi connectivity index (χ0) is 21.5. The van der Waals surface area contributed by atoms with Crippen LogP contribution in [0.3, 0.4) is 0 Å². The van der Waals surface area contributed by atoms with Gasteiger partial charge in [-0.1, -0.05) is 6.07 Å². The van der Waals surface area contributed by atoms with Crippen molar-refractivity contribution in [3.05, 3.63) is 67.4 Å². The Labute approximate surface area is 184 Å². The Morgan fingerprint density at radius 3 is 3.00 bits per heavy atom. The fraction of sp³-hybridized carbons (Fsp3) is 0.217. The summed E-state index contributed by atoms with van der Waals surface area (Å²) in [6, 6.07) is 14.0. The first kappa shape index (κ1) is 18.8. The molecule has 0 aliphatic carbocycles. The van der Waals surface area contributed by atoms with E-state index < -0.39 is 0 Å². The monoisotopic (exact) mass is 426 g/mol. The van der Waals surface area contributed by atoms with E-state index in [0.717, 1.165) is 41.5 Å². The number of hydrogen-bond donors (Lipinski definition) is 2. The van der Waals surface area contributed by atoms with Crippen LogP contribution in [-0.4, -0.2) is 53.4 Å². The fourth-order valence-electron chi connectivity index (χ4n) is 4.38. The number of imidazole rings is 1. The number of nitrogens with zero attached hydrogens (tertiary/aromatic N) is 7. The van der Waals surface area contributed by atoms with Crippen LogP contribution >= 0.6 is 0 Å². The van der Waals surface area contributed by atoms with Crippen LogP contribution < -0.4 is 10.2 Å². The van der Waals surface area contributed by atoms with Gasteiger partial charge in [0.15, 0.2) is 5.82 Å². The molecule has 5 aromatic rings. The third kappa shape index (κ3) is 3.14. The Morgan fingerprint density at radius 2 is 2.06 bits per heavy atom. The number of hydrogen-bond acceptors (Lipinski definition) is 7. The Hall–Kier alpha value is -3.98. The average Bonchev–Trinajstić information content (AvgIpc) is 3.58. The molecule has 1 aliphatic rings. The maximum atomic E-state index is 9.72. The first-order chi connectivity index (χ1) is 15.8. The van der Waals surface area contributed by atoms with Crippen LogP contribution in [0.2, 0.25) is 0 Å². The van der Waals surface area contributed by atoms with E-state index in [0.29, 0.717) is 17.6 Å². The summed E-state index contributed by atoms with van der Waals surface area (Å²) in [4.78, 5) is 15.9. The maximum Gasteiger partial charge on any atom is 0.245 e. The van der Waals surface area contributed by atoms with Gasteiger partial charge in [-0.25, -0.2) is 9.50 Å². The molecule has 32 heavy (non-hydrogen) atoms. The van der Waals surface area contributed by atoms with Gasteiger partial charge in [0.05, 0.1) is 30.0 Å². The molecule has 1 atom stereocenters. The third-order valence-corrected chi connectivity index (χ3v) is 5.95. The van der Waals surface area contributed by atoms with Gasteiger partial charge in [-0.05, 0) is 49.2 Å². The van der Waals surface area contributed by atoms with Gasteiger partial charge in [-0.3, -0.25) is 4.98 Å². The summed E-state index contributed by atoms with van der Waals surface area (Å²) in [6.45, 7) is 0.932. The third-order valence-electron chi connectivity index (χ3n) is 5.95. The van der Waals surface area contributed by atoms with Crippen molar-refractivity contribution in [3.8, 4) is 5.69 Å². The highest BCUT2D eigenvalue weighted by molar-refractivity contribution is 5.87. The Morgan fingerprint density at radius 1 is 1.09 bits per heavy atom. The van der Waals surface area contributed by atoms with E-state index >= 15 is 0 Å². The van der Waals surface area contributed by atoms with E-state index in [4.69, 9.17) is 4.98 Å². The molecule has 0 unspecified atom stereocenters. The zero-order valence-corrected chi connectivity index (χ0v) is 17.3. The largest absolute Gasteiger partial charge is 0.394 e. The van der Waals surface area contributed by atoms with Gasteiger partial charge in [-0.2, -0.15) is 4.98 Å². The zero-order valence-electron chi connectivity index (χ0n) is 17.3. The normalized spacial score (nSPS) is 16.3. The minimum Gasteiger partial charge on any atom is -0.394 e. The lowest BCUT2D eigenvalue weighted by molar-refractivity contribution is 0.265. The molecule has 9 nitrogen and oxygen atoms in total. The van der Waals surface area contributed by atoms with Gasteiger partial charge in [0.25, 0.3) is 0 Å². The van der Waals surface area contributed by atoms with Crippen LogP contribution in [0.5, 0.6) is 0 Å². The first-order valence-corrected chi connectivity index (χ1v) is 10.7. The van der Waals surface area contributed by atoms with Crippen molar-refractivity contribution >= 4 is 34.0 Å². The van der Waals surface area contributed by atoms with Crippen molar-refractivity contribution in [1.82, 2.24) is 29.1 Å². The lowest BCUT2D eigenvalue weighted by Crippen LogP contribution is -2.34. The molecule has 5 heterocycles. The lowest BCUT2D eigenvalue weighted by Gasteiger charge is -2.23. The molecule has 0 spiro atoms. The van der Waals surface area contributed by atoms with Crippen LogP contribution in [0.1, 0.15) is 12.8 Å². The Balaban J connectivity index is 1.36. The molecule has 160 valence electrons. The Bertz CT molecular complexity index is 1400. The van der Waals surface area contributed by atoms with E-state index in [2.05, 4.69) is 31.3 Å². The van der Waals surface area contributed by atoms with E-state index in [-0.39, 0.29) is 12.6 Å². The number of pyridine rings is 1. The SMILES string of the molecule is OC[C@@H]1CCCN1c1nc(Nc2cn(-c3cccc4ncccc34)cn2)c2cccn2n1. The summed E-state index contributed by atoms with van der Waals surface area (Å²) in [6.07, 6.45) is 9.38. The van der Waals surface area contributed by atoms with Gasteiger partial charge in [-0.15, -0.1) is 5.10 Å². The fourth-order valence-corrected chi connectivity index (χ4v) is 4.38. The number of aliphatic hydroxyl groups excluding tert-OH is 1. The van der Waals surface area contributed by atoms with E-state index in [1.54, 1.807) is 12.5 Å². The highest BCUT2D eigenvalue weighted by Crippen LogP contribution is 2.27. The second kappa shape index (κ2) is 7.61. The molecule has 0 amide bonds. The molecule has 6 rings (SSSR count). The summed E-state index contributed by atoms with van der Waals surface area (Å²) in [7, 11) is 0. The van der Waals surface area contributed by atoms with Crippen LogP contribution in [0.4, 0.5) is 17.6 Å². The van der Waals surface area contributed by atoms with Crippen LogP contribution in [0, 0.1) is 0 Å². The predicted molar refractivity (Wildman–Crippen MR) is 123 cm³/mol. The van der Waals surface area contributed by atoms with Gasteiger partial charge in [0.1, 0.15) is 17.7 Å². The van der Waals surface area contributed by atoms with Crippen LogP contribution in [0.15, 0.2) is 67.4 Å². The van der Waals surface area contributed by atoms with E-state index in [1.165, 1.54) is 0 Å². The quantitative estimate of drug-likeness (QED) is 0.446. The number of aromatic nitrogens is 6. The first-order valence-electron chi connectivity index (χ1n) is 10.7. The van der Waals surface area contributed by atoms with E-state index in [1.807, 2.05) is 57.9 Å². The highest BCUT2D eigenvalue weighted by Gasteiger charge is 2.27. The molecule has 1 aromatic carbocycles. The molecular formula is C23H22N8O. The summed E-state index contributed by atoms with van der Waals surface area (Å²) < 4.78 is 3.79. The van der Waals surface area contributed by atoms with Crippen molar-refractivity contribution in [1.29, 1.82) is 0 Å². The maximum absolute atomic E-state index is 9.72. The molecule has 9 heteroatoms. The van der Waals surface area contributed by atoms with Crippen molar-refractivity contribution < 1.29 is 5.11 Å². The van der Waals surface area contributed by atoms with Crippen molar-refractivity contribution in [2.75, 3.05) is 23.4 Å². The van der Waals surface area contributed by atoms with Crippen molar-refractivity contribution in [2.45, 2.75) is 18.9 Å².